The molecule has 0 aliphatic carbocycles. The van der Waals surface area contributed by atoms with Crippen molar-refractivity contribution in [2.45, 2.75) is 18.9 Å². The van der Waals surface area contributed by atoms with E-state index in [1.165, 1.54) is 6.92 Å². The van der Waals surface area contributed by atoms with Crippen molar-refractivity contribution >= 4 is 23.3 Å². The Morgan fingerprint density at radius 1 is 1.62 bits per heavy atom. The smallest absolute Gasteiger partial charge is 0.379 e. The number of esters is 1. The van der Waals surface area contributed by atoms with Crippen molar-refractivity contribution in [2.24, 2.45) is 5.73 Å². The zero-order chi connectivity index (χ0) is 16.4. The maximum absolute atomic E-state index is 13.9. The summed E-state index contributed by atoms with van der Waals surface area (Å²) in [6, 6.07) is -0.734. The second kappa shape index (κ2) is 6.19. The first-order chi connectivity index (χ1) is 9.64. The normalized spacial score (nSPS) is 12.8. The third kappa shape index (κ3) is 3.19. The van der Waals surface area contributed by atoms with E-state index in [4.69, 9.17) is 17.3 Å². The second-order valence-corrected chi connectivity index (χ2v) is 4.31. The first-order valence-corrected chi connectivity index (χ1v) is 5.98. The molecule has 7 nitrogen and oxygen atoms in total. The molecular formula is C11H11ClF2N2O5. The van der Waals surface area contributed by atoms with Gasteiger partial charge < -0.3 is 15.6 Å². The fraction of sp³-hybridized carbons (Fsp3) is 0.364. The van der Waals surface area contributed by atoms with Crippen LogP contribution in [0, 0.1) is 10.1 Å². The van der Waals surface area contributed by atoms with Gasteiger partial charge in [0.25, 0.3) is 5.69 Å². The molecule has 0 aliphatic heterocycles. The van der Waals surface area contributed by atoms with E-state index < -0.39 is 44.9 Å². The maximum Gasteiger partial charge on any atom is 0.379 e. The van der Waals surface area contributed by atoms with Crippen LogP contribution in [-0.2, 0) is 9.53 Å². The Balaban J connectivity index is 3.41. The maximum atomic E-state index is 13.9. The molecule has 116 valence electrons. The standard InChI is InChI=1S/C11H11ClF2N2O5/c1-2-21-10(18)11(13,14)9(15)7-6(16(19)20)4-3-5(12)8(7)17/h3-4,9,17H,2,15H2,1H3/t9-/m0/s1. The summed E-state index contributed by atoms with van der Waals surface area (Å²) in [4.78, 5) is 21.0. The number of halogens is 3. The van der Waals surface area contributed by atoms with Crippen LogP contribution < -0.4 is 5.73 Å². The Labute approximate surface area is 122 Å². The largest absolute Gasteiger partial charge is 0.506 e. The summed E-state index contributed by atoms with van der Waals surface area (Å²) in [6.07, 6.45) is 0. The van der Waals surface area contributed by atoms with E-state index in [0.29, 0.717) is 0 Å². The van der Waals surface area contributed by atoms with Crippen molar-refractivity contribution in [2.75, 3.05) is 6.61 Å². The number of nitro groups is 1. The minimum atomic E-state index is -4.27. The molecule has 0 unspecified atom stereocenters. The van der Waals surface area contributed by atoms with Crippen molar-refractivity contribution in [3.8, 4) is 5.75 Å². The third-order valence-electron chi connectivity index (χ3n) is 2.59. The Hall–Kier alpha value is -2.00. The lowest BCUT2D eigenvalue weighted by molar-refractivity contribution is -0.386. The molecule has 0 aromatic heterocycles. The van der Waals surface area contributed by atoms with Gasteiger partial charge in [-0.25, -0.2) is 4.79 Å². The monoisotopic (exact) mass is 324 g/mol. The molecule has 1 aromatic carbocycles. The van der Waals surface area contributed by atoms with Crippen LogP contribution in [-0.4, -0.2) is 28.5 Å². The molecule has 0 saturated heterocycles. The van der Waals surface area contributed by atoms with Gasteiger partial charge in [-0.1, -0.05) is 11.6 Å². The van der Waals surface area contributed by atoms with E-state index in [9.17, 15) is 28.8 Å². The first-order valence-electron chi connectivity index (χ1n) is 5.60. The van der Waals surface area contributed by atoms with Crippen LogP contribution >= 0.6 is 11.6 Å². The van der Waals surface area contributed by atoms with Crippen LogP contribution in [0.25, 0.3) is 0 Å². The number of carbonyl (C=O) groups excluding carboxylic acids is 1. The van der Waals surface area contributed by atoms with Gasteiger partial charge in [0, 0.05) is 6.07 Å². The number of alkyl halides is 2. The molecule has 0 heterocycles. The molecule has 0 amide bonds. The molecule has 21 heavy (non-hydrogen) atoms. The van der Waals surface area contributed by atoms with E-state index in [1.54, 1.807) is 0 Å². The number of hydrogen-bond donors (Lipinski definition) is 2. The number of nitrogens with zero attached hydrogens (tertiary/aromatic N) is 1. The van der Waals surface area contributed by atoms with Crippen LogP contribution in [0.4, 0.5) is 14.5 Å². The molecular weight excluding hydrogens is 314 g/mol. The van der Waals surface area contributed by atoms with Crippen LogP contribution in [0.1, 0.15) is 18.5 Å². The fourth-order valence-electron chi connectivity index (χ4n) is 1.57. The summed E-state index contributed by atoms with van der Waals surface area (Å²) in [5.74, 6) is -7.21. The summed E-state index contributed by atoms with van der Waals surface area (Å²) >= 11 is 5.54. The molecule has 1 aromatic rings. The van der Waals surface area contributed by atoms with Crippen LogP contribution in [0.2, 0.25) is 5.02 Å². The number of benzene rings is 1. The number of phenols is 1. The fourth-order valence-corrected chi connectivity index (χ4v) is 1.74. The summed E-state index contributed by atoms with van der Waals surface area (Å²) < 4.78 is 31.9. The van der Waals surface area contributed by atoms with Gasteiger partial charge >= 0.3 is 11.9 Å². The van der Waals surface area contributed by atoms with Crippen molar-refractivity contribution in [1.82, 2.24) is 0 Å². The molecule has 0 fully saturated rings. The van der Waals surface area contributed by atoms with Crippen LogP contribution in [0.3, 0.4) is 0 Å². The van der Waals surface area contributed by atoms with Gasteiger partial charge in [-0.05, 0) is 13.0 Å². The highest BCUT2D eigenvalue weighted by Gasteiger charge is 2.51. The predicted octanol–water partition coefficient (Wildman–Crippen LogP) is 2.15. The van der Waals surface area contributed by atoms with E-state index in [2.05, 4.69) is 4.74 Å². The molecule has 0 spiro atoms. The Bertz CT molecular complexity index is 582. The molecule has 0 radical (unpaired) electrons. The highest BCUT2D eigenvalue weighted by atomic mass is 35.5. The van der Waals surface area contributed by atoms with Gasteiger partial charge in [0.2, 0.25) is 0 Å². The lowest BCUT2D eigenvalue weighted by Crippen LogP contribution is -2.42. The minimum Gasteiger partial charge on any atom is -0.506 e. The summed E-state index contributed by atoms with van der Waals surface area (Å²) in [5, 5.41) is 20.1. The van der Waals surface area contributed by atoms with Gasteiger partial charge in [-0.15, -0.1) is 0 Å². The second-order valence-electron chi connectivity index (χ2n) is 3.91. The molecule has 0 aliphatic rings. The quantitative estimate of drug-likeness (QED) is 0.487. The molecule has 0 saturated carbocycles. The van der Waals surface area contributed by atoms with Crippen molar-refractivity contribution in [1.29, 1.82) is 0 Å². The number of rotatable bonds is 5. The van der Waals surface area contributed by atoms with Crippen LogP contribution in [0.15, 0.2) is 12.1 Å². The summed E-state index contributed by atoms with van der Waals surface area (Å²) in [5.41, 5.74) is 3.42. The SMILES string of the molecule is CCOC(=O)C(F)(F)[C@@H](N)c1c([N+](=O)[O-])ccc(Cl)c1O. The van der Waals surface area contributed by atoms with Crippen molar-refractivity contribution in [3.63, 3.8) is 0 Å². The Morgan fingerprint density at radius 3 is 2.67 bits per heavy atom. The van der Waals surface area contributed by atoms with Gasteiger partial charge in [0.1, 0.15) is 11.8 Å². The number of nitro benzene ring substituents is 1. The first kappa shape index (κ1) is 17.1. The molecule has 1 atom stereocenters. The number of phenolic OH excluding ortho intramolecular Hbond substituents is 1. The van der Waals surface area contributed by atoms with Gasteiger partial charge in [0.15, 0.2) is 0 Å². The minimum absolute atomic E-state index is 0.329. The number of nitrogens with two attached hydrogens (primary N) is 1. The predicted molar refractivity (Wildman–Crippen MR) is 68.3 cm³/mol. The Morgan fingerprint density at radius 2 is 2.19 bits per heavy atom. The molecule has 0 bridgehead atoms. The highest BCUT2D eigenvalue weighted by Crippen LogP contribution is 2.43. The number of aromatic hydroxyl groups is 1. The average Bonchev–Trinajstić information content (AvgIpc) is 2.40. The lowest BCUT2D eigenvalue weighted by Gasteiger charge is -2.22. The van der Waals surface area contributed by atoms with Crippen LogP contribution in [0.5, 0.6) is 5.75 Å². The van der Waals surface area contributed by atoms with Crippen molar-refractivity contribution < 1.29 is 28.3 Å². The molecule has 1 rings (SSSR count). The summed E-state index contributed by atoms with van der Waals surface area (Å²) in [7, 11) is 0. The third-order valence-corrected chi connectivity index (χ3v) is 2.90. The molecule has 10 heteroatoms. The van der Waals surface area contributed by atoms with E-state index >= 15 is 0 Å². The van der Waals surface area contributed by atoms with Gasteiger partial charge in [-0.2, -0.15) is 8.78 Å². The van der Waals surface area contributed by atoms with E-state index in [1.807, 2.05) is 0 Å². The topological polar surface area (TPSA) is 116 Å². The zero-order valence-electron chi connectivity index (χ0n) is 10.7. The van der Waals surface area contributed by atoms with Crippen molar-refractivity contribution in [3.05, 3.63) is 32.8 Å². The average molecular weight is 325 g/mol. The Kier molecular flexibility index (Phi) is 5.02. The summed E-state index contributed by atoms with van der Waals surface area (Å²) in [6.45, 7) is 0.976. The lowest BCUT2D eigenvalue weighted by atomic mass is 9.98. The number of hydrogen-bond acceptors (Lipinski definition) is 6. The highest BCUT2D eigenvalue weighted by molar-refractivity contribution is 6.32. The number of carbonyl (C=O) groups is 1. The molecule has 3 N–H and O–H groups in total. The number of ether oxygens (including phenoxy) is 1. The zero-order valence-corrected chi connectivity index (χ0v) is 11.4. The van der Waals surface area contributed by atoms with Gasteiger partial charge in [0.05, 0.1) is 22.1 Å². The van der Waals surface area contributed by atoms with E-state index in [0.717, 1.165) is 12.1 Å². The van der Waals surface area contributed by atoms with Gasteiger partial charge in [-0.3, -0.25) is 10.1 Å². The van der Waals surface area contributed by atoms with E-state index in [-0.39, 0.29) is 6.61 Å².